The molecule has 0 N–H and O–H groups in total. The van der Waals surface area contributed by atoms with Gasteiger partial charge in [0.2, 0.25) is 5.90 Å². The molecule has 0 radical (unpaired) electrons. The van der Waals surface area contributed by atoms with Crippen molar-refractivity contribution in [3.05, 3.63) is 64.7 Å². The van der Waals surface area contributed by atoms with Crippen molar-refractivity contribution in [3.8, 4) is 5.75 Å². The van der Waals surface area contributed by atoms with Gasteiger partial charge in [0.25, 0.3) is 0 Å². The molecule has 0 aromatic heterocycles. The van der Waals surface area contributed by atoms with E-state index in [1.807, 2.05) is 0 Å². The van der Waals surface area contributed by atoms with Gasteiger partial charge in [0.1, 0.15) is 18.3 Å². The topological polar surface area (TPSA) is 30.8 Å². The highest BCUT2D eigenvalue weighted by molar-refractivity contribution is 5.97. The normalized spacial score (nSPS) is 19.8. The second kappa shape index (κ2) is 8.60. The molecule has 3 heteroatoms. The minimum atomic E-state index is -0.433. The molecule has 27 heavy (non-hydrogen) atoms. The van der Waals surface area contributed by atoms with Crippen LogP contribution >= 0.6 is 0 Å². The first-order valence-electron chi connectivity index (χ1n) is 10.2. The summed E-state index contributed by atoms with van der Waals surface area (Å²) in [6.45, 7) is 6.61. The highest BCUT2D eigenvalue weighted by atomic mass is 16.6. The maximum absolute atomic E-state index is 6.16. The van der Waals surface area contributed by atoms with Crippen molar-refractivity contribution in [2.75, 3.05) is 7.11 Å². The van der Waals surface area contributed by atoms with E-state index in [9.17, 15) is 0 Å². The van der Waals surface area contributed by atoms with Crippen LogP contribution in [0.25, 0.3) is 0 Å². The first-order valence-corrected chi connectivity index (χ1v) is 10.2. The molecule has 0 fully saturated rings. The summed E-state index contributed by atoms with van der Waals surface area (Å²) >= 11 is 0. The lowest BCUT2D eigenvalue weighted by molar-refractivity contribution is 0.203. The van der Waals surface area contributed by atoms with Crippen molar-refractivity contribution >= 4 is 5.90 Å². The van der Waals surface area contributed by atoms with Gasteiger partial charge in [-0.05, 0) is 55.4 Å². The number of benzene rings is 2. The summed E-state index contributed by atoms with van der Waals surface area (Å²) in [5.41, 5.74) is 4.59. The number of nitrogens with zero attached hydrogens (tertiary/aromatic N) is 1. The fourth-order valence-electron chi connectivity index (χ4n) is 3.78. The number of fused-ring (bicyclic) bond motifs is 1. The summed E-state index contributed by atoms with van der Waals surface area (Å²) < 4.78 is 6.16. The molecule has 0 spiro atoms. The standard InChI is InChI=1S/C24H31NO2/c1-5-7-9-18-11-14-20(15-12-18)24(3)21-16-13-19(10-8-6-2)17-22(21)27-23(24)25-26-4/h11-17H,5-10H2,1-4H3. The van der Waals surface area contributed by atoms with Gasteiger partial charge < -0.3 is 9.57 Å². The smallest absolute Gasteiger partial charge is 0.246 e. The molecule has 0 saturated carbocycles. The molecule has 1 aliphatic rings. The largest absolute Gasteiger partial charge is 0.438 e. The predicted molar refractivity (Wildman–Crippen MR) is 112 cm³/mol. The maximum Gasteiger partial charge on any atom is 0.246 e. The average molecular weight is 366 g/mol. The first kappa shape index (κ1) is 19.5. The van der Waals surface area contributed by atoms with Crippen LogP contribution in [0.4, 0.5) is 0 Å². The van der Waals surface area contributed by atoms with Gasteiger partial charge in [-0.3, -0.25) is 0 Å². The van der Waals surface area contributed by atoms with Crippen LogP contribution in [0, 0.1) is 0 Å². The summed E-state index contributed by atoms with van der Waals surface area (Å²) in [6, 6.07) is 15.5. The van der Waals surface area contributed by atoms with Gasteiger partial charge in [0.15, 0.2) is 0 Å². The van der Waals surface area contributed by atoms with Crippen molar-refractivity contribution in [2.24, 2.45) is 5.16 Å². The quantitative estimate of drug-likeness (QED) is 0.535. The van der Waals surface area contributed by atoms with Gasteiger partial charge in [-0.2, -0.15) is 0 Å². The fourth-order valence-corrected chi connectivity index (χ4v) is 3.78. The van der Waals surface area contributed by atoms with Crippen molar-refractivity contribution in [2.45, 2.75) is 64.7 Å². The molecule has 0 saturated heterocycles. The fraction of sp³-hybridized carbons (Fsp3) is 0.458. The van der Waals surface area contributed by atoms with Crippen LogP contribution in [-0.2, 0) is 23.1 Å². The Morgan fingerprint density at radius 2 is 1.56 bits per heavy atom. The van der Waals surface area contributed by atoms with E-state index in [-0.39, 0.29) is 0 Å². The predicted octanol–water partition coefficient (Wildman–Crippen LogP) is 6.03. The minimum Gasteiger partial charge on any atom is -0.438 e. The monoisotopic (exact) mass is 365 g/mol. The Bertz CT molecular complexity index is 795. The lowest BCUT2D eigenvalue weighted by Crippen LogP contribution is -2.32. The molecule has 144 valence electrons. The van der Waals surface area contributed by atoms with E-state index in [1.54, 1.807) is 7.11 Å². The van der Waals surface area contributed by atoms with Crippen LogP contribution in [0.3, 0.4) is 0 Å². The van der Waals surface area contributed by atoms with Crippen LogP contribution in [0.1, 0.15) is 68.7 Å². The number of hydrogen-bond acceptors (Lipinski definition) is 3. The van der Waals surface area contributed by atoms with Gasteiger partial charge in [0.05, 0.1) is 0 Å². The molecule has 0 aliphatic carbocycles. The minimum absolute atomic E-state index is 0.433. The second-order valence-electron chi connectivity index (χ2n) is 7.54. The lowest BCUT2D eigenvalue weighted by Gasteiger charge is -2.24. The third kappa shape index (κ3) is 3.87. The van der Waals surface area contributed by atoms with Crippen molar-refractivity contribution in [1.29, 1.82) is 0 Å². The Labute approximate surface area is 163 Å². The molecule has 0 bridgehead atoms. The second-order valence-corrected chi connectivity index (χ2v) is 7.54. The van der Waals surface area contributed by atoms with Gasteiger partial charge in [-0.1, -0.05) is 68.2 Å². The zero-order valence-electron chi connectivity index (χ0n) is 17.0. The van der Waals surface area contributed by atoms with Crippen LogP contribution < -0.4 is 4.74 Å². The molecule has 0 amide bonds. The van der Waals surface area contributed by atoms with Crippen molar-refractivity contribution < 1.29 is 9.57 Å². The lowest BCUT2D eigenvalue weighted by atomic mass is 9.76. The molecule has 1 unspecified atom stereocenters. The van der Waals surface area contributed by atoms with Crippen molar-refractivity contribution in [3.63, 3.8) is 0 Å². The van der Waals surface area contributed by atoms with Gasteiger partial charge >= 0.3 is 0 Å². The zero-order chi connectivity index (χ0) is 19.3. The van der Waals surface area contributed by atoms with E-state index in [2.05, 4.69) is 68.4 Å². The highest BCUT2D eigenvalue weighted by Crippen LogP contribution is 2.45. The van der Waals surface area contributed by atoms with Gasteiger partial charge in [-0.25, -0.2) is 0 Å². The van der Waals surface area contributed by atoms with Gasteiger partial charge in [0, 0.05) is 5.56 Å². The molecule has 2 aromatic carbocycles. The summed E-state index contributed by atoms with van der Waals surface area (Å²) in [6.07, 6.45) is 7.02. The maximum atomic E-state index is 6.16. The van der Waals surface area contributed by atoms with E-state index < -0.39 is 5.41 Å². The summed E-state index contributed by atoms with van der Waals surface area (Å²) in [7, 11) is 1.57. The van der Waals surface area contributed by atoms with E-state index in [0.29, 0.717) is 5.90 Å². The van der Waals surface area contributed by atoms with E-state index >= 15 is 0 Å². The Morgan fingerprint density at radius 3 is 2.19 bits per heavy atom. The van der Waals surface area contributed by atoms with E-state index in [4.69, 9.17) is 9.57 Å². The zero-order valence-corrected chi connectivity index (χ0v) is 17.0. The Kier molecular flexibility index (Phi) is 6.20. The highest BCUT2D eigenvalue weighted by Gasteiger charge is 2.45. The number of unbranched alkanes of at least 4 members (excludes halogenated alkanes) is 2. The van der Waals surface area contributed by atoms with Gasteiger partial charge in [-0.15, -0.1) is 0 Å². The molecule has 3 nitrogen and oxygen atoms in total. The number of aryl methyl sites for hydroxylation is 2. The molecule has 1 heterocycles. The third-order valence-corrected chi connectivity index (χ3v) is 5.56. The van der Waals surface area contributed by atoms with E-state index in [0.717, 1.165) is 24.2 Å². The van der Waals surface area contributed by atoms with Crippen molar-refractivity contribution in [1.82, 2.24) is 0 Å². The molecule has 3 rings (SSSR count). The van der Waals surface area contributed by atoms with Crippen LogP contribution in [-0.4, -0.2) is 13.0 Å². The third-order valence-electron chi connectivity index (χ3n) is 5.56. The molecule has 2 aromatic rings. The summed E-state index contributed by atoms with van der Waals surface area (Å²) in [4.78, 5) is 5.11. The van der Waals surface area contributed by atoms with Crippen LogP contribution in [0.5, 0.6) is 5.75 Å². The number of rotatable bonds is 8. The summed E-state index contributed by atoms with van der Waals surface area (Å²) in [5.74, 6) is 1.51. The number of ether oxygens (including phenoxy) is 1. The van der Waals surface area contributed by atoms with E-state index in [1.165, 1.54) is 42.4 Å². The Morgan fingerprint density at radius 1 is 0.926 bits per heavy atom. The molecular formula is C24H31NO2. The van der Waals surface area contributed by atoms with Crippen LogP contribution in [0.2, 0.25) is 0 Å². The molecule has 1 aliphatic heterocycles. The Balaban J connectivity index is 1.97. The van der Waals surface area contributed by atoms with Crippen LogP contribution in [0.15, 0.2) is 47.6 Å². The number of oxime groups is 1. The average Bonchev–Trinajstić information content (AvgIpc) is 2.97. The summed E-state index contributed by atoms with van der Waals surface area (Å²) in [5, 5.41) is 4.23. The molecular weight excluding hydrogens is 334 g/mol. The first-order chi connectivity index (χ1) is 13.1. The Hall–Kier alpha value is -2.29. The molecule has 1 atom stereocenters. The number of hydrogen-bond donors (Lipinski definition) is 0. The SMILES string of the molecule is CCCCc1ccc(C2(C)C(=NOC)Oc3cc(CCCC)ccc32)cc1.